The number of carbonyl (C=O) groups excluding carboxylic acids is 4. The van der Waals surface area contributed by atoms with Crippen LogP contribution < -0.4 is 9.47 Å². The monoisotopic (exact) mass is 550 g/mol. The van der Waals surface area contributed by atoms with Gasteiger partial charge in [0.25, 0.3) is 0 Å². The Morgan fingerprint density at radius 2 is 1.00 bits per heavy atom. The van der Waals surface area contributed by atoms with Crippen LogP contribution in [0.1, 0.15) is 43.0 Å². The molecule has 4 atom stereocenters. The molecule has 2 fully saturated rings. The van der Waals surface area contributed by atoms with Crippen LogP contribution in [0, 0.1) is 27.7 Å². The maximum Gasteiger partial charge on any atom is 0.338 e. The summed E-state index contributed by atoms with van der Waals surface area (Å²) in [7, 11) is 0. The Bertz CT molecular complexity index is 1240. The fraction of sp³-hybridized carbons (Fsp3) is 0.333. The summed E-state index contributed by atoms with van der Waals surface area (Å²) in [5, 5.41) is 0. The smallest absolute Gasteiger partial charge is 0.338 e. The second-order valence-electron chi connectivity index (χ2n) is 9.61. The molecule has 0 aliphatic carbocycles. The van der Waals surface area contributed by atoms with Gasteiger partial charge < -0.3 is 28.4 Å². The van der Waals surface area contributed by atoms with Crippen LogP contribution in [0.4, 0.5) is 0 Å². The van der Waals surface area contributed by atoms with Gasteiger partial charge in [-0.15, -0.1) is 0 Å². The lowest BCUT2D eigenvalue weighted by Gasteiger charge is -2.18. The lowest BCUT2D eigenvalue weighted by Crippen LogP contribution is -2.36. The zero-order valence-electron chi connectivity index (χ0n) is 22.7. The summed E-state index contributed by atoms with van der Waals surface area (Å²) in [4.78, 5) is 49.0. The van der Waals surface area contributed by atoms with Gasteiger partial charge in [0.2, 0.25) is 0 Å². The molecule has 0 saturated carbocycles. The minimum Gasteiger partial charge on any atom is -0.453 e. The highest BCUT2D eigenvalue weighted by atomic mass is 16.7. The first-order chi connectivity index (χ1) is 19.0. The molecule has 0 bridgehead atoms. The molecule has 2 aromatic rings. The normalized spacial score (nSPS) is 21.2. The first kappa shape index (κ1) is 28.7. The molecule has 0 amide bonds. The number of rotatable bonds is 8. The topological polar surface area (TPSA) is 124 Å². The number of hydrogen-bond donors (Lipinski definition) is 0. The average Bonchev–Trinajstić information content (AvgIpc) is 3.50. The number of carbonyl (C=O) groups is 4. The molecule has 2 aliphatic heterocycles. The quantitative estimate of drug-likeness (QED) is 0.273. The maximum atomic E-state index is 12.9. The largest absolute Gasteiger partial charge is 0.453 e. The van der Waals surface area contributed by atoms with Crippen molar-refractivity contribution in [1.29, 1.82) is 0 Å². The van der Waals surface area contributed by atoms with E-state index in [-0.39, 0.29) is 24.3 Å². The highest BCUT2D eigenvalue weighted by Crippen LogP contribution is 2.33. The van der Waals surface area contributed by atoms with E-state index < -0.39 is 48.3 Å². The molecule has 10 heteroatoms. The molecular formula is C30H30O10. The Morgan fingerprint density at radius 3 is 1.30 bits per heavy atom. The van der Waals surface area contributed by atoms with Gasteiger partial charge in [0.1, 0.15) is 23.7 Å². The summed E-state index contributed by atoms with van der Waals surface area (Å²) in [6.07, 6.45) is -0.509. The number of hydrogen-bond acceptors (Lipinski definition) is 10. The van der Waals surface area contributed by atoms with Gasteiger partial charge >= 0.3 is 23.9 Å². The van der Waals surface area contributed by atoms with Crippen LogP contribution in [0.25, 0.3) is 0 Å². The number of esters is 4. The molecule has 210 valence electrons. The van der Waals surface area contributed by atoms with Crippen molar-refractivity contribution >= 4 is 23.9 Å². The Kier molecular flexibility index (Phi) is 8.51. The van der Waals surface area contributed by atoms with Gasteiger partial charge in [0, 0.05) is 12.2 Å². The van der Waals surface area contributed by atoms with Crippen molar-refractivity contribution in [2.75, 3.05) is 13.2 Å². The second kappa shape index (κ2) is 11.8. The summed E-state index contributed by atoms with van der Waals surface area (Å²) in [6, 6.07) is 6.29. The van der Waals surface area contributed by atoms with E-state index in [0.29, 0.717) is 33.8 Å². The molecule has 2 heterocycles. The zero-order chi connectivity index (χ0) is 29.1. The van der Waals surface area contributed by atoms with Crippen LogP contribution in [0.3, 0.4) is 0 Å². The molecule has 2 saturated heterocycles. The summed E-state index contributed by atoms with van der Waals surface area (Å²) >= 11 is 0. The van der Waals surface area contributed by atoms with Crippen molar-refractivity contribution in [1.82, 2.24) is 0 Å². The SMILES string of the molecule is C=CC(=O)Oc1c(C)cc(C(=O)O[C@@H]2CO[C@H]3[C@@H]2OC[C@H]3OC(=O)c2cc(C)c(OC(=O)C=C)c(C)c2)cc1C. The summed E-state index contributed by atoms with van der Waals surface area (Å²) in [6.45, 7) is 13.8. The van der Waals surface area contributed by atoms with Gasteiger partial charge in [-0.2, -0.15) is 0 Å². The van der Waals surface area contributed by atoms with Crippen LogP contribution in [0.15, 0.2) is 49.6 Å². The number of benzene rings is 2. The average molecular weight is 551 g/mol. The molecular weight excluding hydrogens is 520 g/mol. The van der Waals surface area contributed by atoms with Crippen molar-refractivity contribution in [3.63, 3.8) is 0 Å². The van der Waals surface area contributed by atoms with Crippen molar-refractivity contribution in [2.24, 2.45) is 0 Å². The second-order valence-corrected chi connectivity index (χ2v) is 9.61. The Labute approximate surface area is 231 Å². The summed E-state index contributed by atoms with van der Waals surface area (Å²) in [5.41, 5.74) is 2.92. The van der Waals surface area contributed by atoms with Gasteiger partial charge in [0.05, 0.1) is 24.3 Å². The Morgan fingerprint density at radius 1 is 0.675 bits per heavy atom. The highest BCUT2D eigenvalue weighted by Gasteiger charge is 2.51. The third kappa shape index (κ3) is 5.98. The lowest BCUT2D eigenvalue weighted by atomic mass is 10.0. The Hall–Kier alpha value is -4.28. The van der Waals surface area contributed by atoms with Crippen LogP contribution in [0.2, 0.25) is 0 Å². The van der Waals surface area contributed by atoms with Crippen LogP contribution >= 0.6 is 0 Å². The molecule has 10 nitrogen and oxygen atoms in total. The molecule has 40 heavy (non-hydrogen) atoms. The van der Waals surface area contributed by atoms with Gasteiger partial charge in [0.15, 0.2) is 12.2 Å². The van der Waals surface area contributed by atoms with Gasteiger partial charge in [-0.05, 0) is 74.2 Å². The van der Waals surface area contributed by atoms with E-state index in [1.54, 1.807) is 52.0 Å². The lowest BCUT2D eigenvalue weighted by molar-refractivity contribution is -0.129. The minimum atomic E-state index is -0.705. The number of ether oxygens (including phenoxy) is 6. The van der Waals surface area contributed by atoms with E-state index in [2.05, 4.69) is 13.2 Å². The predicted octanol–water partition coefficient (Wildman–Crippen LogP) is 3.65. The third-order valence-electron chi connectivity index (χ3n) is 6.61. The van der Waals surface area contributed by atoms with Crippen LogP contribution in [-0.4, -0.2) is 61.5 Å². The van der Waals surface area contributed by atoms with E-state index in [1.165, 1.54) is 0 Å². The molecule has 0 N–H and O–H groups in total. The third-order valence-corrected chi connectivity index (χ3v) is 6.61. The standard InChI is InChI=1S/C30H30O10/c1-7-23(31)39-25-15(3)9-19(10-16(25)4)29(33)37-21-13-35-28-22(14-36-27(21)28)38-30(34)20-11-17(5)26(18(6)12-20)40-24(32)8-2/h7-12,21-22,27-28H,1-2,13-14H2,3-6H3/t21-,22-,27-,28-/m1/s1. The molecule has 0 radical (unpaired) electrons. The zero-order valence-corrected chi connectivity index (χ0v) is 22.7. The molecule has 0 unspecified atom stereocenters. The number of fused-ring (bicyclic) bond motifs is 1. The first-order valence-corrected chi connectivity index (χ1v) is 12.6. The first-order valence-electron chi connectivity index (χ1n) is 12.6. The fourth-order valence-corrected chi connectivity index (χ4v) is 4.78. The van der Waals surface area contributed by atoms with E-state index in [1.807, 2.05) is 0 Å². The minimum absolute atomic E-state index is 0.0731. The van der Waals surface area contributed by atoms with Gasteiger partial charge in [-0.25, -0.2) is 19.2 Å². The molecule has 0 aromatic heterocycles. The van der Waals surface area contributed by atoms with Crippen molar-refractivity contribution in [2.45, 2.75) is 52.1 Å². The van der Waals surface area contributed by atoms with Crippen LogP contribution in [0.5, 0.6) is 11.5 Å². The van der Waals surface area contributed by atoms with E-state index in [9.17, 15) is 19.2 Å². The Balaban J connectivity index is 1.39. The van der Waals surface area contributed by atoms with Gasteiger partial charge in [-0.3, -0.25) is 0 Å². The molecule has 0 spiro atoms. The summed E-state index contributed by atoms with van der Waals surface area (Å²) in [5.74, 6) is -1.66. The predicted molar refractivity (Wildman–Crippen MR) is 141 cm³/mol. The van der Waals surface area contributed by atoms with Crippen molar-refractivity contribution < 1.29 is 47.6 Å². The molecule has 4 rings (SSSR count). The number of aryl methyl sites for hydroxylation is 4. The van der Waals surface area contributed by atoms with Gasteiger partial charge in [-0.1, -0.05) is 13.2 Å². The highest BCUT2D eigenvalue weighted by molar-refractivity contribution is 5.92. The van der Waals surface area contributed by atoms with Crippen LogP contribution in [-0.2, 0) is 28.5 Å². The fourth-order valence-electron chi connectivity index (χ4n) is 4.78. The van der Waals surface area contributed by atoms with E-state index in [0.717, 1.165) is 12.2 Å². The van der Waals surface area contributed by atoms with Crippen molar-refractivity contribution in [3.05, 3.63) is 83.0 Å². The van der Waals surface area contributed by atoms with E-state index >= 15 is 0 Å². The maximum absolute atomic E-state index is 12.9. The molecule has 2 aromatic carbocycles. The van der Waals surface area contributed by atoms with Crippen molar-refractivity contribution in [3.8, 4) is 11.5 Å². The summed E-state index contributed by atoms with van der Waals surface area (Å²) < 4.78 is 33.5. The van der Waals surface area contributed by atoms with E-state index in [4.69, 9.17) is 28.4 Å². The molecule has 2 aliphatic rings.